The zero-order valence-electron chi connectivity index (χ0n) is 15.8. The SMILES string of the molecule is CC(C)[C@H](NC(=O)OCc1ccccc1)C(=O)NNC(=S)NC1CCCC1. The van der Waals surface area contributed by atoms with Crippen LogP contribution in [0.1, 0.15) is 45.1 Å². The lowest BCUT2D eigenvalue weighted by molar-refractivity contribution is -0.124. The Hall–Kier alpha value is -2.35. The number of thiocarbonyl (C=S) groups is 1. The average Bonchev–Trinajstić information content (AvgIpc) is 3.16. The Morgan fingerprint density at radius 3 is 2.44 bits per heavy atom. The van der Waals surface area contributed by atoms with Crippen LogP contribution in [0.3, 0.4) is 0 Å². The molecule has 2 rings (SSSR count). The molecule has 148 valence electrons. The van der Waals surface area contributed by atoms with Gasteiger partial charge in [-0.05, 0) is 36.5 Å². The van der Waals surface area contributed by atoms with E-state index in [1.165, 1.54) is 12.8 Å². The lowest BCUT2D eigenvalue weighted by atomic mass is 10.0. The Kier molecular flexibility index (Phi) is 8.32. The zero-order chi connectivity index (χ0) is 19.6. The molecule has 1 aromatic rings. The number of hydrogen-bond acceptors (Lipinski definition) is 4. The van der Waals surface area contributed by atoms with Crippen molar-refractivity contribution in [1.82, 2.24) is 21.5 Å². The second-order valence-corrected chi connectivity index (χ2v) is 7.41. The summed E-state index contributed by atoms with van der Waals surface area (Å²) in [7, 11) is 0. The summed E-state index contributed by atoms with van der Waals surface area (Å²) in [5.74, 6) is -0.496. The van der Waals surface area contributed by atoms with Crippen molar-refractivity contribution in [2.24, 2.45) is 5.92 Å². The van der Waals surface area contributed by atoms with Gasteiger partial charge in [0.2, 0.25) is 0 Å². The second kappa shape index (κ2) is 10.7. The van der Waals surface area contributed by atoms with Crippen molar-refractivity contribution in [3.05, 3.63) is 35.9 Å². The van der Waals surface area contributed by atoms with Gasteiger partial charge in [0, 0.05) is 6.04 Å². The van der Waals surface area contributed by atoms with E-state index < -0.39 is 12.1 Å². The molecule has 1 atom stereocenters. The monoisotopic (exact) mass is 392 g/mol. The number of benzene rings is 1. The standard InChI is InChI=1S/C19H28N4O3S/c1-13(2)16(21-19(25)26-12-14-8-4-3-5-9-14)17(24)22-23-18(27)20-15-10-6-7-11-15/h3-5,8-9,13,15-16H,6-7,10-12H2,1-2H3,(H,21,25)(H,22,24)(H2,20,23,27)/t16-/m0/s1. The first-order chi connectivity index (χ1) is 13.0. The maximum Gasteiger partial charge on any atom is 0.408 e. The van der Waals surface area contributed by atoms with Gasteiger partial charge in [0.25, 0.3) is 5.91 Å². The highest BCUT2D eigenvalue weighted by Crippen LogP contribution is 2.17. The van der Waals surface area contributed by atoms with Gasteiger partial charge in [-0.3, -0.25) is 15.6 Å². The van der Waals surface area contributed by atoms with Crippen LogP contribution in [0.2, 0.25) is 0 Å². The normalized spacial score (nSPS) is 15.1. The molecule has 0 aromatic heterocycles. The van der Waals surface area contributed by atoms with Crippen molar-refractivity contribution in [1.29, 1.82) is 0 Å². The molecule has 0 aliphatic heterocycles. The summed E-state index contributed by atoms with van der Waals surface area (Å²) in [5, 5.41) is 6.16. The molecule has 27 heavy (non-hydrogen) atoms. The van der Waals surface area contributed by atoms with E-state index >= 15 is 0 Å². The van der Waals surface area contributed by atoms with Gasteiger partial charge in [-0.15, -0.1) is 0 Å². The molecule has 1 aliphatic carbocycles. The fourth-order valence-corrected chi connectivity index (χ4v) is 3.13. The summed E-state index contributed by atoms with van der Waals surface area (Å²) in [6, 6.07) is 8.97. The Morgan fingerprint density at radius 2 is 1.81 bits per heavy atom. The van der Waals surface area contributed by atoms with Crippen molar-refractivity contribution in [3.63, 3.8) is 0 Å². The van der Waals surface area contributed by atoms with Crippen LogP contribution in [0, 0.1) is 5.92 Å². The Labute approximate surface area is 165 Å². The fourth-order valence-electron chi connectivity index (χ4n) is 2.91. The molecular weight excluding hydrogens is 364 g/mol. The van der Waals surface area contributed by atoms with Crippen LogP contribution in [0.5, 0.6) is 0 Å². The minimum absolute atomic E-state index is 0.118. The molecule has 7 nitrogen and oxygen atoms in total. The minimum Gasteiger partial charge on any atom is -0.445 e. The molecule has 4 N–H and O–H groups in total. The van der Waals surface area contributed by atoms with E-state index in [2.05, 4.69) is 21.5 Å². The summed E-state index contributed by atoms with van der Waals surface area (Å²) >= 11 is 5.20. The highest BCUT2D eigenvalue weighted by atomic mass is 32.1. The topological polar surface area (TPSA) is 91.5 Å². The van der Waals surface area contributed by atoms with Crippen molar-refractivity contribution in [3.8, 4) is 0 Å². The van der Waals surface area contributed by atoms with Crippen LogP contribution >= 0.6 is 12.2 Å². The van der Waals surface area contributed by atoms with Crippen LogP contribution in [0.25, 0.3) is 0 Å². The number of nitrogens with one attached hydrogen (secondary N) is 4. The smallest absolute Gasteiger partial charge is 0.408 e. The number of amides is 2. The maximum absolute atomic E-state index is 12.4. The Morgan fingerprint density at radius 1 is 1.15 bits per heavy atom. The maximum atomic E-state index is 12.4. The van der Waals surface area contributed by atoms with E-state index in [9.17, 15) is 9.59 Å². The molecule has 0 unspecified atom stereocenters. The summed E-state index contributed by atoms with van der Waals surface area (Å²) in [6.07, 6.45) is 3.91. The van der Waals surface area contributed by atoms with Crippen LogP contribution in [-0.2, 0) is 16.1 Å². The van der Waals surface area contributed by atoms with Crippen molar-refractivity contribution < 1.29 is 14.3 Å². The molecule has 1 aromatic carbocycles. The lowest BCUT2D eigenvalue weighted by Crippen LogP contribution is -2.56. The molecule has 1 fully saturated rings. The van der Waals surface area contributed by atoms with Gasteiger partial charge in [0.15, 0.2) is 5.11 Å². The van der Waals surface area contributed by atoms with E-state index in [0.29, 0.717) is 11.2 Å². The average molecular weight is 393 g/mol. The number of carbonyl (C=O) groups is 2. The van der Waals surface area contributed by atoms with Crippen LogP contribution in [0.4, 0.5) is 4.79 Å². The molecule has 1 saturated carbocycles. The van der Waals surface area contributed by atoms with Crippen LogP contribution in [0.15, 0.2) is 30.3 Å². The first-order valence-electron chi connectivity index (χ1n) is 9.29. The summed E-state index contributed by atoms with van der Waals surface area (Å²) in [6.45, 7) is 3.83. The molecule has 0 bridgehead atoms. The van der Waals surface area contributed by atoms with E-state index in [4.69, 9.17) is 17.0 Å². The fraction of sp³-hybridized carbons (Fsp3) is 0.526. The van der Waals surface area contributed by atoms with Gasteiger partial charge in [-0.25, -0.2) is 4.79 Å². The zero-order valence-corrected chi connectivity index (χ0v) is 16.6. The number of rotatable bonds is 6. The Balaban J connectivity index is 1.75. The van der Waals surface area contributed by atoms with Gasteiger partial charge in [-0.2, -0.15) is 0 Å². The summed E-state index contributed by atoms with van der Waals surface area (Å²) < 4.78 is 5.18. The lowest BCUT2D eigenvalue weighted by Gasteiger charge is -2.22. The predicted octanol–water partition coefficient (Wildman–Crippen LogP) is 2.38. The largest absolute Gasteiger partial charge is 0.445 e. The number of carbonyl (C=O) groups excluding carboxylic acids is 2. The van der Waals surface area contributed by atoms with Crippen molar-refractivity contribution in [2.75, 3.05) is 0 Å². The van der Waals surface area contributed by atoms with E-state index in [-0.39, 0.29) is 18.4 Å². The Bertz CT molecular complexity index is 633. The van der Waals surface area contributed by atoms with Crippen molar-refractivity contribution >= 4 is 29.3 Å². The van der Waals surface area contributed by atoms with Gasteiger partial charge in [0.1, 0.15) is 12.6 Å². The first kappa shape index (κ1) is 21.0. The molecule has 0 spiro atoms. The summed E-state index contributed by atoms with van der Waals surface area (Å²) in [4.78, 5) is 24.4. The molecule has 1 aliphatic rings. The molecule has 2 amide bonds. The van der Waals surface area contributed by atoms with Gasteiger partial charge in [-0.1, -0.05) is 57.0 Å². The van der Waals surface area contributed by atoms with Crippen molar-refractivity contribution in [2.45, 2.75) is 58.2 Å². The molecule has 0 saturated heterocycles. The van der Waals surface area contributed by atoms with Gasteiger partial charge in [0.05, 0.1) is 0 Å². The van der Waals surface area contributed by atoms with Gasteiger partial charge < -0.3 is 15.4 Å². The van der Waals surface area contributed by atoms with Crippen LogP contribution < -0.4 is 21.5 Å². The number of ether oxygens (including phenoxy) is 1. The molecule has 8 heteroatoms. The molecule has 0 radical (unpaired) electrons. The second-order valence-electron chi connectivity index (χ2n) is 7.00. The third-order valence-electron chi connectivity index (χ3n) is 4.42. The van der Waals surface area contributed by atoms with E-state index in [1.54, 1.807) is 0 Å². The first-order valence-corrected chi connectivity index (χ1v) is 9.70. The van der Waals surface area contributed by atoms with E-state index in [0.717, 1.165) is 18.4 Å². The molecule has 0 heterocycles. The minimum atomic E-state index is -0.741. The number of alkyl carbamates (subject to hydrolysis) is 1. The predicted molar refractivity (Wildman–Crippen MR) is 108 cm³/mol. The third-order valence-corrected chi connectivity index (χ3v) is 4.64. The third kappa shape index (κ3) is 7.42. The summed E-state index contributed by atoms with van der Waals surface area (Å²) in [5.41, 5.74) is 6.14. The highest BCUT2D eigenvalue weighted by molar-refractivity contribution is 7.80. The molecular formula is C19H28N4O3S. The number of hydrogen-bond donors (Lipinski definition) is 4. The quantitative estimate of drug-likeness (QED) is 0.439. The van der Waals surface area contributed by atoms with E-state index in [1.807, 2.05) is 44.2 Å². The van der Waals surface area contributed by atoms with Crippen LogP contribution in [-0.4, -0.2) is 29.2 Å². The van der Waals surface area contributed by atoms with Gasteiger partial charge >= 0.3 is 6.09 Å². The highest BCUT2D eigenvalue weighted by Gasteiger charge is 2.25. The number of hydrazine groups is 1.